The molecular formula is C46H40N2. The number of benzene rings is 5. The Kier molecular flexibility index (Phi) is 5.67. The Morgan fingerprint density at radius 1 is 0.729 bits per heavy atom. The number of allylic oxidation sites excluding steroid dienone is 6. The summed E-state index contributed by atoms with van der Waals surface area (Å²) >= 11 is 0. The Morgan fingerprint density at radius 3 is 2.42 bits per heavy atom. The molecule has 0 saturated carbocycles. The van der Waals surface area contributed by atoms with Gasteiger partial charge in [0.25, 0.3) is 0 Å². The quantitative estimate of drug-likeness (QED) is 0.191. The van der Waals surface area contributed by atoms with E-state index in [0.717, 1.165) is 19.3 Å². The van der Waals surface area contributed by atoms with Crippen LogP contribution in [0.15, 0.2) is 150 Å². The van der Waals surface area contributed by atoms with E-state index in [1.807, 2.05) is 0 Å². The molecule has 1 atom stereocenters. The normalized spacial score (nSPS) is 20.0. The van der Waals surface area contributed by atoms with E-state index in [0.29, 0.717) is 0 Å². The maximum absolute atomic E-state index is 2.63. The van der Waals surface area contributed by atoms with Gasteiger partial charge in [0.2, 0.25) is 0 Å². The van der Waals surface area contributed by atoms with E-state index in [9.17, 15) is 0 Å². The Labute approximate surface area is 283 Å². The number of aromatic nitrogens is 1. The minimum atomic E-state index is -0.0763. The Hall–Kier alpha value is -5.08. The van der Waals surface area contributed by atoms with Crippen molar-refractivity contribution in [1.29, 1.82) is 0 Å². The first-order valence-electron chi connectivity index (χ1n) is 17.6. The molecule has 2 heterocycles. The minimum Gasteiger partial charge on any atom is -0.334 e. The molecule has 2 heteroatoms. The first-order valence-corrected chi connectivity index (χ1v) is 17.6. The van der Waals surface area contributed by atoms with Crippen LogP contribution in [-0.2, 0) is 5.41 Å². The molecule has 234 valence electrons. The smallest absolute Gasteiger partial charge is 0.0582 e. The Bertz CT molecular complexity index is 2490. The summed E-state index contributed by atoms with van der Waals surface area (Å²) < 4.78 is 2.52. The molecule has 1 aliphatic heterocycles. The van der Waals surface area contributed by atoms with E-state index in [2.05, 4.69) is 165 Å². The summed E-state index contributed by atoms with van der Waals surface area (Å²) in [5.74, 6) is 0. The summed E-state index contributed by atoms with van der Waals surface area (Å²) in [6.45, 7) is 9.60. The van der Waals surface area contributed by atoms with Gasteiger partial charge in [0.1, 0.15) is 0 Å². The van der Waals surface area contributed by atoms with Gasteiger partial charge in [-0.3, -0.25) is 0 Å². The lowest BCUT2D eigenvalue weighted by Crippen LogP contribution is -2.32. The zero-order valence-corrected chi connectivity index (χ0v) is 28.2. The van der Waals surface area contributed by atoms with Crippen LogP contribution >= 0.6 is 0 Å². The SMILES string of the molecule is CC1(C)C2=CC(N(c3ccc4c(c3)c3cccc5c3n4-c3ccccc3C5(C)C)c3cccc4ccccc34)CC=C2C2=C1C=CCC2. The number of hydrogen-bond acceptors (Lipinski definition) is 1. The summed E-state index contributed by atoms with van der Waals surface area (Å²) in [6.07, 6.45) is 13.2. The molecule has 48 heavy (non-hydrogen) atoms. The van der Waals surface area contributed by atoms with Crippen molar-refractivity contribution in [2.45, 2.75) is 58.4 Å². The number of fused-ring (bicyclic) bond motifs is 8. The number of para-hydroxylation sites is 2. The largest absolute Gasteiger partial charge is 0.334 e. The molecule has 2 nitrogen and oxygen atoms in total. The van der Waals surface area contributed by atoms with Gasteiger partial charge in [0.15, 0.2) is 0 Å². The molecule has 0 fully saturated rings. The average molecular weight is 621 g/mol. The predicted molar refractivity (Wildman–Crippen MR) is 203 cm³/mol. The molecule has 1 aromatic heterocycles. The minimum absolute atomic E-state index is 0.00437. The van der Waals surface area contributed by atoms with Crippen molar-refractivity contribution in [3.63, 3.8) is 0 Å². The van der Waals surface area contributed by atoms with Crippen LogP contribution in [0.1, 0.15) is 58.1 Å². The van der Waals surface area contributed by atoms with Crippen molar-refractivity contribution >= 4 is 44.0 Å². The summed E-state index contributed by atoms with van der Waals surface area (Å²) in [4.78, 5) is 2.63. The molecule has 6 aromatic rings. The van der Waals surface area contributed by atoms with E-state index < -0.39 is 0 Å². The molecule has 5 aromatic carbocycles. The molecule has 3 aliphatic carbocycles. The van der Waals surface area contributed by atoms with Gasteiger partial charge in [-0.2, -0.15) is 0 Å². The average Bonchev–Trinajstić information content (AvgIpc) is 3.56. The maximum atomic E-state index is 2.63. The predicted octanol–water partition coefficient (Wildman–Crippen LogP) is 12.0. The van der Waals surface area contributed by atoms with E-state index in [-0.39, 0.29) is 16.9 Å². The standard InChI is InChI=1S/C46H40N2/c1-45(2)37-18-8-7-16-33(37)34-25-23-31(28-40(34)45)47(41-22-11-14-29-13-5-6-15-32(29)41)30-24-26-42-36(27-30)35-17-12-20-39-44(35)48(42)43-21-10-9-19-38(43)46(39,3)4/h5-6,8-15,17-22,24-28,31H,7,16,23H2,1-4H3. The molecule has 0 spiro atoms. The topological polar surface area (TPSA) is 8.17 Å². The fourth-order valence-corrected chi connectivity index (χ4v) is 9.62. The van der Waals surface area contributed by atoms with Crippen molar-refractivity contribution in [3.8, 4) is 5.69 Å². The molecule has 10 rings (SSSR count). The Balaban J connectivity index is 1.21. The van der Waals surface area contributed by atoms with Crippen LogP contribution in [0, 0.1) is 5.41 Å². The van der Waals surface area contributed by atoms with E-state index in [1.165, 1.54) is 77.5 Å². The van der Waals surface area contributed by atoms with Gasteiger partial charge in [-0.25, -0.2) is 0 Å². The molecule has 0 bridgehead atoms. The van der Waals surface area contributed by atoms with Crippen LogP contribution < -0.4 is 4.90 Å². The second kappa shape index (κ2) is 9.73. The highest BCUT2D eigenvalue weighted by Crippen LogP contribution is 2.55. The third-order valence-electron chi connectivity index (χ3n) is 12.0. The van der Waals surface area contributed by atoms with E-state index in [1.54, 1.807) is 5.57 Å². The van der Waals surface area contributed by atoms with Gasteiger partial charge in [0, 0.05) is 38.4 Å². The van der Waals surface area contributed by atoms with E-state index >= 15 is 0 Å². The first-order chi connectivity index (χ1) is 23.3. The fourth-order valence-electron chi connectivity index (χ4n) is 9.62. The molecule has 4 aliphatic rings. The van der Waals surface area contributed by atoms with Crippen LogP contribution in [0.2, 0.25) is 0 Å². The van der Waals surface area contributed by atoms with Gasteiger partial charge < -0.3 is 9.47 Å². The zero-order chi connectivity index (χ0) is 32.4. The molecule has 0 amide bonds. The second-order valence-corrected chi connectivity index (χ2v) is 15.2. The summed E-state index contributed by atoms with van der Waals surface area (Å²) in [7, 11) is 0. The van der Waals surface area contributed by atoms with Crippen LogP contribution in [-0.4, -0.2) is 10.6 Å². The highest BCUT2D eigenvalue weighted by atomic mass is 15.2. The summed E-state index contributed by atoms with van der Waals surface area (Å²) in [5.41, 5.74) is 15.2. The second-order valence-electron chi connectivity index (χ2n) is 15.2. The van der Waals surface area contributed by atoms with Crippen molar-refractivity contribution in [2.24, 2.45) is 5.41 Å². The maximum Gasteiger partial charge on any atom is 0.0582 e. The molecule has 0 N–H and O–H groups in total. The number of hydrogen-bond donors (Lipinski definition) is 0. The van der Waals surface area contributed by atoms with Crippen LogP contribution in [0.5, 0.6) is 0 Å². The van der Waals surface area contributed by atoms with Gasteiger partial charge in [-0.05, 0) is 88.4 Å². The van der Waals surface area contributed by atoms with Crippen molar-refractivity contribution in [2.75, 3.05) is 4.90 Å². The van der Waals surface area contributed by atoms with Crippen molar-refractivity contribution in [3.05, 3.63) is 161 Å². The van der Waals surface area contributed by atoms with E-state index in [4.69, 9.17) is 0 Å². The van der Waals surface area contributed by atoms with Crippen molar-refractivity contribution < 1.29 is 0 Å². The fraction of sp³-hybridized carbons (Fsp3) is 0.217. The Morgan fingerprint density at radius 2 is 1.50 bits per heavy atom. The van der Waals surface area contributed by atoms with Crippen LogP contribution in [0.4, 0.5) is 11.4 Å². The lowest BCUT2D eigenvalue weighted by molar-refractivity contribution is 0.565. The zero-order valence-electron chi connectivity index (χ0n) is 28.2. The summed E-state index contributed by atoms with van der Waals surface area (Å²) in [6, 6.07) is 39.0. The lowest BCUT2D eigenvalue weighted by Gasteiger charge is -2.36. The third kappa shape index (κ3) is 3.64. The highest BCUT2D eigenvalue weighted by Gasteiger charge is 2.42. The molecule has 1 unspecified atom stereocenters. The molecule has 0 saturated heterocycles. The third-order valence-corrected chi connectivity index (χ3v) is 12.0. The van der Waals surface area contributed by atoms with Crippen molar-refractivity contribution in [1.82, 2.24) is 4.57 Å². The number of rotatable bonds is 3. The van der Waals surface area contributed by atoms with Gasteiger partial charge in [0.05, 0.1) is 22.8 Å². The highest BCUT2D eigenvalue weighted by molar-refractivity contribution is 6.13. The molecule has 0 radical (unpaired) electrons. The first kappa shape index (κ1) is 28.0. The monoisotopic (exact) mass is 620 g/mol. The van der Waals surface area contributed by atoms with Crippen LogP contribution in [0.25, 0.3) is 38.3 Å². The van der Waals surface area contributed by atoms with Crippen LogP contribution in [0.3, 0.4) is 0 Å². The number of anilines is 2. The lowest BCUT2D eigenvalue weighted by atomic mass is 9.75. The van der Waals surface area contributed by atoms with Gasteiger partial charge in [-0.15, -0.1) is 0 Å². The molecular weight excluding hydrogens is 581 g/mol. The van der Waals surface area contributed by atoms with Gasteiger partial charge >= 0.3 is 0 Å². The summed E-state index contributed by atoms with van der Waals surface area (Å²) in [5, 5.41) is 5.20. The number of nitrogens with zero attached hydrogens (tertiary/aromatic N) is 2. The van der Waals surface area contributed by atoms with Gasteiger partial charge in [-0.1, -0.05) is 125 Å².